The molecule has 0 N–H and O–H groups in total. The van der Waals surface area contributed by atoms with Crippen LogP contribution in [-0.4, -0.2) is 12.3 Å². The first-order valence-electron chi connectivity index (χ1n) is 23.4. The highest BCUT2D eigenvalue weighted by molar-refractivity contribution is 7.01. The lowest BCUT2D eigenvalue weighted by molar-refractivity contribution is 0.195. The van der Waals surface area contributed by atoms with Gasteiger partial charge in [0.1, 0.15) is 5.58 Å². The fourth-order valence-corrected chi connectivity index (χ4v) is 12.9. The Hall–Kier alpha value is -5.48. The molecule has 7 aromatic rings. The van der Waals surface area contributed by atoms with Gasteiger partial charge in [0.25, 0.3) is 6.71 Å². The molecule has 1 aromatic heterocycles. The van der Waals surface area contributed by atoms with Crippen molar-refractivity contribution in [3.63, 3.8) is 0 Å². The van der Waals surface area contributed by atoms with E-state index in [1.807, 2.05) is 0 Å². The van der Waals surface area contributed by atoms with Crippen LogP contribution in [0.5, 0.6) is 0 Å². The number of furan rings is 1. The molecule has 6 aromatic carbocycles. The topological polar surface area (TPSA) is 19.6 Å². The molecule has 2 aliphatic carbocycles. The zero-order valence-electron chi connectivity index (χ0n) is 38.2. The van der Waals surface area contributed by atoms with Gasteiger partial charge in [0.15, 0.2) is 0 Å². The minimum atomic E-state index is -0.0989. The molecule has 4 heterocycles. The van der Waals surface area contributed by atoms with E-state index in [-0.39, 0.29) is 33.9 Å². The van der Waals surface area contributed by atoms with E-state index in [0.29, 0.717) is 0 Å². The van der Waals surface area contributed by atoms with Crippen molar-refractivity contribution >= 4 is 62.7 Å². The minimum Gasteiger partial charge on any atom is -0.440 e. The Morgan fingerprint density at radius 2 is 1.16 bits per heavy atom. The standard InChI is InChI=1S/C58H59BN2O/c1-54(2,3)40-22-24-41(25-23-40)60-47-32-39(37-20-14-11-15-21-37)33-48-51(47)59(50-42-34-43-44(35-49(42)62-53(50)60)56(6,7)29-28-55(43,4)5)46-31-38(36-18-12-10-13-19-36)30-45-52(46)61(48)58(9)27-17-16-26-57(45,58)8/h10-15,18-25,30-35H,16-17,26-29H2,1-9H3. The Labute approximate surface area is 369 Å². The zero-order valence-corrected chi connectivity index (χ0v) is 38.2. The van der Waals surface area contributed by atoms with Gasteiger partial charge in [-0.3, -0.25) is 4.90 Å². The van der Waals surface area contributed by atoms with Gasteiger partial charge >= 0.3 is 0 Å². The quantitative estimate of drug-likeness (QED) is 0.166. The van der Waals surface area contributed by atoms with Crippen molar-refractivity contribution in [3.8, 4) is 22.3 Å². The molecule has 310 valence electrons. The van der Waals surface area contributed by atoms with Crippen molar-refractivity contribution < 1.29 is 4.42 Å². The number of rotatable bonds is 3. The number of anilines is 5. The lowest BCUT2D eigenvalue weighted by Gasteiger charge is -2.52. The van der Waals surface area contributed by atoms with Crippen molar-refractivity contribution in [2.75, 3.05) is 9.80 Å². The van der Waals surface area contributed by atoms with Crippen molar-refractivity contribution in [1.29, 1.82) is 0 Å². The lowest BCUT2D eigenvalue weighted by Crippen LogP contribution is -2.64. The van der Waals surface area contributed by atoms with Gasteiger partial charge in [-0.05, 0) is 147 Å². The number of nitrogens with zero attached hydrogens (tertiary/aromatic N) is 2. The van der Waals surface area contributed by atoms with Gasteiger partial charge in [0, 0.05) is 39.0 Å². The van der Waals surface area contributed by atoms with E-state index in [2.05, 4.69) is 193 Å². The summed E-state index contributed by atoms with van der Waals surface area (Å²) in [5, 5.41) is 1.26. The largest absolute Gasteiger partial charge is 0.440 e. The molecule has 0 amide bonds. The third-order valence-electron chi connectivity index (χ3n) is 16.8. The highest BCUT2D eigenvalue weighted by Crippen LogP contribution is 2.63. The molecule has 4 heteroatoms. The van der Waals surface area contributed by atoms with Gasteiger partial charge in [-0.1, -0.05) is 147 Å². The maximum Gasteiger partial charge on any atom is 0.257 e. The predicted octanol–water partition coefficient (Wildman–Crippen LogP) is 13.8. The van der Waals surface area contributed by atoms with E-state index >= 15 is 0 Å². The average molecular weight is 811 g/mol. The van der Waals surface area contributed by atoms with Gasteiger partial charge in [-0.15, -0.1) is 0 Å². The fraction of sp³-hybridized carbons (Fsp3) is 0.345. The molecule has 12 rings (SSSR count). The van der Waals surface area contributed by atoms with Crippen LogP contribution in [0.1, 0.15) is 123 Å². The highest BCUT2D eigenvalue weighted by atomic mass is 16.4. The van der Waals surface area contributed by atoms with Crippen molar-refractivity contribution in [2.24, 2.45) is 0 Å². The first kappa shape index (κ1) is 38.2. The van der Waals surface area contributed by atoms with Crippen LogP contribution in [0.3, 0.4) is 0 Å². The van der Waals surface area contributed by atoms with Crippen LogP contribution in [-0.2, 0) is 21.7 Å². The molecule has 62 heavy (non-hydrogen) atoms. The zero-order chi connectivity index (χ0) is 42.7. The average Bonchev–Trinajstić information content (AvgIpc) is 3.73. The Balaban J connectivity index is 1.25. The molecule has 3 aliphatic heterocycles. The molecular formula is C58H59BN2O. The lowest BCUT2D eigenvalue weighted by atomic mass is 9.33. The molecule has 2 atom stereocenters. The van der Waals surface area contributed by atoms with E-state index in [0.717, 1.165) is 30.0 Å². The van der Waals surface area contributed by atoms with E-state index in [4.69, 9.17) is 4.42 Å². The highest BCUT2D eigenvalue weighted by Gasteiger charge is 2.62. The molecule has 1 saturated carbocycles. The Morgan fingerprint density at radius 3 is 1.81 bits per heavy atom. The van der Waals surface area contributed by atoms with Crippen LogP contribution in [0.15, 0.2) is 126 Å². The van der Waals surface area contributed by atoms with E-state index in [1.54, 1.807) is 0 Å². The minimum absolute atomic E-state index is 0.0232. The summed E-state index contributed by atoms with van der Waals surface area (Å²) in [4.78, 5) is 5.37. The molecular weight excluding hydrogens is 751 g/mol. The summed E-state index contributed by atoms with van der Waals surface area (Å²) < 4.78 is 7.53. The van der Waals surface area contributed by atoms with Crippen LogP contribution >= 0.6 is 0 Å². The number of fused-ring (bicyclic) bond motifs is 10. The first-order valence-corrected chi connectivity index (χ1v) is 23.4. The van der Waals surface area contributed by atoms with Crippen LogP contribution in [0.25, 0.3) is 33.2 Å². The summed E-state index contributed by atoms with van der Waals surface area (Å²) in [5.41, 5.74) is 21.1. The number of hydrogen-bond donors (Lipinski definition) is 0. The maximum atomic E-state index is 7.53. The predicted molar refractivity (Wildman–Crippen MR) is 263 cm³/mol. The Bertz CT molecular complexity index is 2990. The smallest absolute Gasteiger partial charge is 0.257 e. The van der Waals surface area contributed by atoms with Crippen LogP contribution in [0.2, 0.25) is 0 Å². The SMILES string of the molecule is CC(C)(C)c1ccc(N2c3cc(-c4ccccc4)cc4c3B(c3cc(-c5ccccc5)cc5c3N4C3(C)CCCCC53C)c3c2oc2cc4c(cc32)C(C)(C)CCC4(C)C)cc1. The van der Waals surface area contributed by atoms with Gasteiger partial charge in [0.05, 0.1) is 5.54 Å². The summed E-state index contributed by atoms with van der Waals surface area (Å²) in [6.07, 6.45) is 7.16. The summed E-state index contributed by atoms with van der Waals surface area (Å²) in [7, 11) is 0. The summed E-state index contributed by atoms with van der Waals surface area (Å²) in [6.45, 7) is 21.9. The van der Waals surface area contributed by atoms with Gasteiger partial charge in [-0.2, -0.15) is 0 Å². The summed E-state index contributed by atoms with van der Waals surface area (Å²) >= 11 is 0. The molecule has 0 bridgehead atoms. The summed E-state index contributed by atoms with van der Waals surface area (Å²) in [6, 6.07) is 46.8. The van der Waals surface area contributed by atoms with Crippen molar-refractivity contribution in [2.45, 2.75) is 128 Å². The van der Waals surface area contributed by atoms with Gasteiger partial charge < -0.3 is 9.32 Å². The summed E-state index contributed by atoms with van der Waals surface area (Å²) in [5.74, 6) is 0.954. The second-order valence-corrected chi connectivity index (χ2v) is 22.3. The number of hydrogen-bond acceptors (Lipinski definition) is 3. The third kappa shape index (κ3) is 5.07. The van der Waals surface area contributed by atoms with Crippen molar-refractivity contribution in [3.05, 3.63) is 144 Å². The van der Waals surface area contributed by atoms with Crippen LogP contribution < -0.4 is 26.2 Å². The molecule has 0 radical (unpaired) electrons. The maximum absolute atomic E-state index is 7.53. The molecule has 1 fully saturated rings. The second-order valence-electron chi connectivity index (χ2n) is 22.3. The second kappa shape index (κ2) is 12.6. The van der Waals surface area contributed by atoms with Gasteiger partial charge in [-0.25, -0.2) is 0 Å². The van der Waals surface area contributed by atoms with Crippen LogP contribution in [0, 0.1) is 0 Å². The van der Waals surface area contributed by atoms with Gasteiger partial charge in [0.2, 0.25) is 5.88 Å². The first-order chi connectivity index (χ1) is 29.6. The van der Waals surface area contributed by atoms with Crippen molar-refractivity contribution in [1.82, 2.24) is 0 Å². The van der Waals surface area contributed by atoms with E-state index in [1.165, 1.54) is 109 Å². The number of benzene rings is 6. The molecule has 5 aliphatic rings. The Kier molecular flexibility index (Phi) is 7.76. The van der Waals surface area contributed by atoms with Crippen LogP contribution in [0.4, 0.5) is 28.6 Å². The van der Waals surface area contributed by atoms with E-state index < -0.39 is 0 Å². The fourth-order valence-electron chi connectivity index (χ4n) is 12.9. The molecule has 2 unspecified atom stereocenters. The Morgan fingerprint density at radius 1 is 0.565 bits per heavy atom. The molecule has 0 spiro atoms. The van der Waals surface area contributed by atoms with E-state index in [9.17, 15) is 0 Å². The third-order valence-corrected chi connectivity index (χ3v) is 16.8. The monoisotopic (exact) mass is 810 g/mol. The molecule has 3 nitrogen and oxygen atoms in total. The normalized spacial score (nSPS) is 22.5. The molecule has 0 saturated heterocycles.